The third-order valence-electron chi connectivity index (χ3n) is 2.92. The Labute approximate surface area is 102 Å². The molecule has 2 rings (SSSR count). The highest BCUT2D eigenvalue weighted by atomic mass is 35.5. The molecule has 0 radical (unpaired) electrons. The molecule has 4 heteroatoms. The summed E-state index contributed by atoms with van der Waals surface area (Å²) in [5, 5.41) is 3.27. The van der Waals surface area contributed by atoms with Crippen LogP contribution in [0.15, 0.2) is 30.3 Å². The predicted octanol–water partition coefficient (Wildman–Crippen LogP) is 1.54. The fraction of sp³-hybridized carbons (Fsp3) is 0.417. The van der Waals surface area contributed by atoms with Gasteiger partial charge < -0.3 is 10.2 Å². The largest absolute Gasteiger partial charge is 0.337 e. The van der Waals surface area contributed by atoms with Crippen LogP contribution in [0.1, 0.15) is 16.8 Å². The van der Waals surface area contributed by atoms with Crippen LogP contribution < -0.4 is 5.32 Å². The van der Waals surface area contributed by atoms with Gasteiger partial charge in [0.15, 0.2) is 0 Å². The fourth-order valence-electron chi connectivity index (χ4n) is 1.92. The number of nitrogens with zero attached hydrogens (tertiary/aromatic N) is 1. The lowest BCUT2D eigenvalue weighted by Gasteiger charge is -2.23. The van der Waals surface area contributed by atoms with Gasteiger partial charge in [-0.25, -0.2) is 0 Å². The standard InChI is InChI=1S/C12H16N2O.ClH/c1-14(11-7-8-13-9-11)12(15)10-5-3-2-4-6-10;/h2-6,11,13H,7-9H2,1H3;1H/t11-;/m1./s1. The number of carbonyl (C=O) groups is 1. The molecular weight excluding hydrogens is 224 g/mol. The number of amides is 1. The van der Waals surface area contributed by atoms with E-state index in [1.54, 1.807) is 0 Å². The molecule has 88 valence electrons. The van der Waals surface area contributed by atoms with Crippen molar-refractivity contribution in [2.24, 2.45) is 0 Å². The second-order valence-corrected chi connectivity index (χ2v) is 3.93. The molecule has 0 spiro atoms. The molecule has 0 unspecified atom stereocenters. The van der Waals surface area contributed by atoms with E-state index in [0.717, 1.165) is 25.1 Å². The minimum atomic E-state index is 0. The molecule has 0 aliphatic carbocycles. The molecule has 1 N–H and O–H groups in total. The maximum absolute atomic E-state index is 12.0. The Bertz CT molecular complexity index is 336. The van der Waals surface area contributed by atoms with Crippen molar-refractivity contribution < 1.29 is 4.79 Å². The van der Waals surface area contributed by atoms with Crippen molar-refractivity contribution >= 4 is 18.3 Å². The number of hydrogen-bond donors (Lipinski definition) is 1. The quantitative estimate of drug-likeness (QED) is 0.851. The van der Waals surface area contributed by atoms with E-state index < -0.39 is 0 Å². The van der Waals surface area contributed by atoms with Crippen LogP contribution in [0.2, 0.25) is 0 Å². The third-order valence-corrected chi connectivity index (χ3v) is 2.92. The van der Waals surface area contributed by atoms with E-state index >= 15 is 0 Å². The minimum Gasteiger partial charge on any atom is -0.337 e. The molecule has 16 heavy (non-hydrogen) atoms. The van der Waals surface area contributed by atoms with Crippen LogP contribution in [-0.2, 0) is 0 Å². The average molecular weight is 241 g/mol. The van der Waals surface area contributed by atoms with Crippen LogP contribution in [0.3, 0.4) is 0 Å². The van der Waals surface area contributed by atoms with Crippen LogP contribution in [0, 0.1) is 0 Å². The number of nitrogens with one attached hydrogen (secondary N) is 1. The van der Waals surface area contributed by atoms with Crippen LogP contribution >= 0.6 is 12.4 Å². The summed E-state index contributed by atoms with van der Waals surface area (Å²) in [6, 6.07) is 9.79. The van der Waals surface area contributed by atoms with E-state index in [0.29, 0.717) is 6.04 Å². The molecule has 1 fully saturated rings. The Hall–Kier alpha value is -1.06. The van der Waals surface area contributed by atoms with E-state index in [9.17, 15) is 4.79 Å². The van der Waals surface area contributed by atoms with Gasteiger partial charge in [-0.2, -0.15) is 0 Å². The van der Waals surface area contributed by atoms with Crippen LogP contribution in [0.25, 0.3) is 0 Å². The lowest BCUT2D eigenvalue weighted by Crippen LogP contribution is -2.38. The van der Waals surface area contributed by atoms with Crippen LogP contribution in [0.5, 0.6) is 0 Å². The lowest BCUT2D eigenvalue weighted by molar-refractivity contribution is 0.0744. The minimum absolute atomic E-state index is 0. The molecule has 1 aliphatic heterocycles. The third kappa shape index (κ3) is 2.74. The average Bonchev–Trinajstić information content (AvgIpc) is 2.82. The number of carbonyl (C=O) groups excluding carboxylic acids is 1. The Morgan fingerprint density at radius 2 is 2.06 bits per heavy atom. The van der Waals surface area contributed by atoms with E-state index in [1.807, 2.05) is 42.3 Å². The molecule has 1 aromatic rings. The number of halogens is 1. The lowest BCUT2D eigenvalue weighted by atomic mass is 10.1. The zero-order chi connectivity index (χ0) is 10.7. The van der Waals surface area contributed by atoms with Crippen molar-refractivity contribution in [2.75, 3.05) is 20.1 Å². The molecule has 3 nitrogen and oxygen atoms in total. The summed E-state index contributed by atoms with van der Waals surface area (Å²) in [6.07, 6.45) is 1.05. The molecule has 0 aromatic heterocycles. The number of likely N-dealkylation sites (N-methyl/N-ethyl adjacent to an activating group) is 1. The maximum Gasteiger partial charge on any atom is 0.253 e. The van der Waals surface area contributed by atoms with Gasteiger partial charge in [-0.1, -0.05) is 18.2 Å². The smallest absolute Gasteiger partial charge is 0.253 e. The summed E-state index contributed by atoms with van der Waals surface area (Å²) in [6.45, 7) is 1.92. The van der Waals surface area contributed by atoms with Crippen LogP contribution in [0.4, 0.5) is 0 Å². The summed E-state index contributed by atoms with van der Waals surface area (Å²) in [5.74, 6) is 0.115. The summed E-state index contributed by atoms with van der Waals surface area (Å²) < 4.78 is 0. The van der Waals surface area contributed by atoms with Gasteiger partial charge in [-0.05, 0) is 25.1 Å². The second kappa shape index (κ2) is 5.87. The molecule has 1 saturated heterocycles. The first kappa shape index (κ1) is 13.0. The maximum atomic E-state index is 12.0. The predicted molar refractivity (Wildman–Crippen MR) is 67.1 cm³/mol. The van der Waals surface area contributed by atoms with E-state index in [4.69, 9.17) is 0 Å². The van der Waals surface area contributed by atoms with Gasteiger partial charge in [-0.15, -0.1) is 12.4 Å². The van der Waals surface area contributed by atoms with E-state index in [-0.39, 0.29) is 18.3 Å². The second-order valence-electron chi connectivity index (χ2n) is 3.93. The highest BCUT2D eigenvalue weighted by molar-refractivity contribution is 5.94. The Morgan fingerprint density at radius 3 is 2.62 bits per heavy atom. The van der Waals surface area contributed by atoms with E-state index in [1.165, 1.54) is 0 Å². The molecule has 1 aliphatic rings. The molecule has 0 bridgehead atoms. The van der Waals surface area contributed by atoms with Crippen molar-refractivity contribution in [1.82, 2.24) is 10.2 Å². The van der Waals surface area contributed by atoms with E-state index in [2.05, 4.69) is 5.32 Å². The number of rotatable bonds is 2. The molecule has 0 saturated carbocycles. The van der Waals surface area contributed by atoms with Crippen molar-refractivity contribution in [3.05, 3.63) is 35.9 Å². The van der Waals surface area contributed by atoms with Gasteiger partial charge >= 0.3 is 0 Å². The Balaban J connectivity index is 0.00000128. The summed E-state index contributed by atoms with van der Waals surface area (Å²) in [7, 11) is 1.88. The molecule has 1 amide bonds. The van der Waals surface area contributed by atoms with Gasteiger partial charge in [0.25, 0.3) is 5.91 Å². The number of hydrogen-bond acceptors (Lipinski definition) is 2. The highest BCUT2D eigenvalue weighted by Gasteiger charge is 2.23. The monoisotopic (exact) mass is 240 g/mol. The zero-order valence-corrected chi connectivity index (χ0v) is 10.2. The molecule has 1 atom stereocenters. The molecule has 1 aromatic carbocycles. The van der Waals surface area contributed by atoms with Gasteiger partial charge in [0, 0.05) is 25.2 Å². The van der Waals surface area contributed by atoms with Crippen molar-refractivity contribution in [3.63, 3.8) is 0 Å². The number of benzene rings is 1. The molecule has 1 heterocycles. The van der Waals surface area contributed by atoms with Gasteiger partial charge in [0.1, 0.15) is 0 Å². The first-order chi connectivity index (χ1) is 7.29. The summed E-state index contributed by atoms with van der Waals surface area (Å²) in [4.78, 5) is 13.9. The summed E-state index contributed by atoms with van der Waals surface area (Å²) >= 11 is 0. The summed E-state index contributed by atoms with van der Waals surface area (Å²) in [5.41, 5.74) is 0.770. The van der Waals surface area contributed by atoms with Crippen molar-refractivity contribution in [3.8, 4) is 0 Å². The zero-order valence-electron chi connectivity index (χ0n) is 9.35. The SMILES string of the molecule is CN(C(=O)c1ccccc1)[C@@H]1CCNC1.Cl. The first-order valence-corrected chi connectivity index (χ1v) is 5.32. The Morgan fingerprint density at radius 1 is 1.38 bits per heavy atom. The van der Waals surface area contributed by atoms with Crippen molar-refractivity contribution in [1.29, 1.82) is 0 Å². The van der Waals surface area contributed by atoms with Gasteiger partial charge in [0.05, 0.1) is 0 Å². The first-order valence-electron chi connectivity index (χ1n) is 5.32. The van der Waals surface area contributed by atoms with Crippen LogP contribution in [-0.4, -0.2) is 37.0 Å². The molecular formula is C12H17ClN2O. The highest BCUT2D eigenvalue weighted by Crippen LogP contribution is 2.10. The topological polar surface area (TPSA) is 32.3 Å². The normalized spacial score (nSPS) is 18.9. The van der Waals surface area contributed by atoms with Gasteiger partial charge in [0.2, 0.25) is 0 Å². The Kier molecular flexibility index (Phi) is 4.77. The van der Waals surface area contributed by atoms with Gasteiger partial charge in [-0.3, -0.25) is 4.79 Å². The fourth-order valence-corrected chi connectivity index (χ4v) is 1.92. The van der Waals surface area contributed by atoms with Crippen molar-refractivity contribution in [2.45, 2.75) is 12.5 Å².